The number of hydrogen-bond donors (Lipinski definition) is 1. The van der Waals surface area contributed by atoms with Crippen LogP contribution >= 0.6 is 0 Å². The molecule has 0 amide bonds. The minimum absolute atomic E-state index is 0.197. The Morgan fingerprint density at radius 2 is 1.89 bits per heavy atom. The molecule has 0 atom stereocenters. The third kappa shape index (κ3) is 4.24. The van der Waals surface area contributed by atoms with Crippen LogP contribution in [0, 0.1) is 0 Å². The highest BCUT2D eigenvalue weighted by molar-refractivity contribution is 5.66. The molecule has 1 aromatic rings. The van der Waals surface area contributed by atoms with Crippen LogP contribution in [0.1, 0.15) is 24.8 Å². The molecule has 0 saturated carbocycles. The molecular formula is C15H22N2O2. The molecule has 1 aliphatic heterocycles. The van der Waals surface area contributed by atoms with E-state index in [4.69, 9.17) is 5.11 Å². The Bertz CT molecular complexity index is 411. The SMILES string of the molecule is CN(CCC(=O)O)Cc1ccc(N2CCCC2)cc1. The first kappa shape index (κ1) is 13.9. The van der Waals surface area contributed by atoms with Gasteiger partial charge in [0, 0.05) is 31.9 Å². The van der Waals surface area contributed by atoms with Crippen molar-refractivity contribution in [2.24, 2.45) is 0 Å². The molecular weight excluding hydrogens is 240 g/mol. The molecule has 0 bridgehead atoms. The van der Waals surface area contributed by atoms with Gasteiger partial charge in [-0.3, -0.25) is 4.79 Å². The standard InChI is InChI=1S/C15H22N2O2/c1-16(11-8-15(18)19)12-13-4-6-14(7-5-13)17-9-2-3-10-17/h4-7H,2-3,8-12H2,1H3,(H,18,19). The number of carbonyl (C=O) groups is 1. The Morgan fingerprint density at radius 3 is 2.47 bits per heavy atom. The summed E-state index contributed by atoms with van der Waals surface area (Å²) in [5.74, 6) is -0.740. The second-order valence-electron chi connectivity index (χ2n) is 5.24. The van der Waals surface area contributed by atoms with Gasteiger partial charge in [0.15, 0.2) is 0 Å². The van der Waals surface area contributed by atoms with E-state index in [0.29, 0.717) is 6.54 Å². The summed E-state index contributed by atoms with van der Waals surface area (Å²) in [6.45, 7) is 3.71. The minimum atomic E-state index is -0.740. The maximum absolute atomic E-state index is 10.5. The number of aliphatic carboxylic acids is 1. The van der Waals surface area contributed by atoms with Crippen LogP contribution in [0.2, 0.25) is 0 Å². The van der Waals surface area contributed by atoms with Gasteiger partial charge in [0.05, 0.1) is 6.42 Å². The van der Waals surface area contributed by atoms with Gasteiger partial charge in [-0.25, -0.2) is 0 Å². The molecule has 0 spiro atoms. The normalized spacial score (nSPS) is 15.2. The zero-order valence-corrected chi connectivity index (χ0v) is 11.5. The zero-order valence-electron chi connectivity index (χ0n) is 11.5. The van der Waals surface area contributed by atoms with E-state index in [1.54, 1.807) is 0 Å². The van der Waals surface area contributed by atoms with E-state index in [2.05, 4.69) is 29.2 Å². The van der Waals surface area contributed by atoms with Crippen LogP contribution in [0.3, 0.4) is 0 Å². The molecule has 1 saturated heterocycles. The summed E-state index contributed by atoms with van der Waals surface area (Å²) in [5, 5.41) is 8.65. The third-order valence-electron chi connectivity index (χ3n) is 3.57. The lowest BCUT2D eigenvalue weighted by Gasteiger charge is -2.19. The van der Waals surface area contributed by atoms with E-state index in [-0.39, 0.29) is 6.42 Å². The second-order valence-corrected chi connectivity index (χ2v) is 5.24. The summed E-state index contributed by atoms with van der Waals surface area (Å²) >= 11 is 0. The molecule has 4 heteroatoms. The Kier molecular flexibility index (Phi) is 4.80. The Hall–Kier alpha value is -1.55. The van der Waals surface area contributed by atoms with Crippen LogP contribution in [0.4, 0.5) is 5.69 Å². The van der Waals surface area contributed by atoms with Gasteiger partial charge in [0.2, 0.25) is 0 Å². The van der Waals surface area contributed by atoms with Crippen molar-refractivity contribution in [2.75, 3.05) is 31.6 Å². The van der Waals surface area contributed by atoms with Crippen LogP contribution in [0.5, 0.6) is 0 Å². The van der Waals surface area contributed by atoms with Crippen molar-refractivity contribution in [1.82, 2.24) is 4.90 Å². The van der Waals surface area contributed by atoms with Gasteiger partial charge in [-0.05, 0) is 37.6 Å². The first-order valence-electron chi connectivity index (χ1n) is 6.89. The summed E-state index contributed by atoms with van der Waals surface area (Å²) in [6, 6.07) is 8.63. The second kappa shape index (κ2) is 6.57. The predicted molar refractivity (Wildman–Crippen MR) is 76.5 cm³/mol. The number of anilines is 1. The fourth-order valence-corrected chi connectivity index (χ4v) is 2.46. The summed E-state index contributed by atoms with van der Waals surface area (Å²) in [4.78, 5) is 15.0. The quantitative estimate of drug-likeness (QED) is 0.853. The summed E-state index contributed by atoms with van der Waals surface area (Å²) in [7, 11) is 1.96. The number of benzene rings is 1. The molecule has 19 heavy (non-hydrogen) atoms. The van der Waals surface area contributed by atoms with Crippen LogP contribution < -0.4 is 4.90 Å². The van der Waals surface area contributed by atoms with E-state index in [9.17, 15) is 4.79 Å². The van der Waals surface area contributed by atoms with E-state index in [0.717, 1.165) is 19.6 Å². The van der Waals surface area contributed by atoms with E-state index in [1.165, 1.54) is 24.1 Å². The largest absolute Gasteiger partial charge is 0.481 e. The van der Waals surface area contributed by atoms with Gasteiger partial charge in [0.1, 0.15) is 0 Å². The highest BCUT2D eigenvalue weighted by Gasteiger charge is 2.12. The molecule has 1 fully saturated rings. The van der Waals surface area contributed by atoms with Crippen molar-refractivity contribution < 1.29 is 9.90 Å². The van der Waals surface area contributed by atoms with Crippen LogP contribution in [0.15, 0.2) is 24.3 Å². The monoisotopic (exact) mass is 262 g/mol. The van der Waals surface area contributed by atoms with Crippen LogP contribution in [-0.2, 0) is 11.3 Å². The van der Waals surface area contributed by atoms with Gasteiger partial charge in [0.25, 0.3) is 0 Å². The summed E-state index contributed by atoms with van der Waals surface area (Å²) < 4.78 is 0. The van der Waals surface area contributed by atoms with Crippen LogP contribution in [0.25, 0.3) is 0 Å². The van der Waals surface area contributed by atoms with Crippen molar-refractivity contribution in [3.8, 4) is 0 Å². The lowest BCUT2D eigenvalue weighted by atomic mass is 10.2. The maximum atomic E-state index is 10.5. The number of carboxylic acids is 1. The third-order valence-corrected chi connectivity index (χ3v) is 3.57. The molecule has 0 unspecified atom stereocenters. The van der Waals surface area contributed by atoms with Crippen LogP contribution in [-0.4, -0.2) is 42.7 Å². The first-order chi connectivity index (χ1) is 9.15. The average molecular weight is 262 g/mol. The molecule has 1 aliphatic rings. The lowest BCUT2D eigenvalue weighted by Crippen LogP contribution is -2.21. The molecule has 4 nitrogen and oxygen atoms in total. The molecule has 104 valence electrons. The predicted octanol–water partition coefficient (Wildman–Crippen LogP) is 2.19. The Labute approximate surface area is 114 Å². The minimum Gasteiger partial charge on any atom is -0.481 e. The van der Waals surface area contributed by atoms with Gasteiger partial charge in [-0.2, -0.15) is 0 Å². The lowest BCUT2D eigenvalue weighted by molar-refractivity contribution is -0.137. The van der Waals surface area contributed by atoms with Gasteiger partial charge >= 0.3 is 5.97 Å². The Balaban J connectivity index is 1.85. The number of rotatable bonds is 6. The molecule has 1 N–H and O–H groups in total. The molecule has 0 radical (unpaired) electrons. The number of nitrogens with zero attached hydrogens (tertiary/aromatic N) is 2. The van der Waals surface area contributed by atoms with Crippen molar-refractivity contribution in [2.45, 2.75) is 25.8 Å². The topological polar surface area (TPSA) is 43.8 Å². The van der Waals surface area contributed by atoms with Gasteiger partial charge in [-0.15, -0.1) is 0 Å². The fraction of sp³-hybridized carbons (Fsp3) is 0.533. The molecule has 1 heterocycles. The summed E-state index contributed by atoms with van der Waals surface area (Å²) in [6.07, 6.45) is 2.78. The maximum Gasteiger partial charge on any atom is 0.304 e. The highest BCUT2D eigenvalue weighted by Crippen LogP contribution is 2.20. The first-order valence-corrected chi connectivity index (χ1v) is 6.89. The smallest absolute Gasteiger partial charge is 0.304 e. The van der Waals surface area contributed by atoms with Crippen molar-refractivity contribution >= 4 is 11.7 Å². The van der Waals surface area contributed by atoms with E-state index >= 15 is 0 Å². The average Bonchev–Trinajstić information content (AvgIpc) is 2.91. The number of hydrogen-bond acceptors (Lipinski definition) is 3. The summed E-state index contributed by atoms with van der Waals surface area (Å²) in [5.41, 5.74) is 2.53. The molecule has 1 aromatic carbocycles. The van der Waals surface area contributed by atoms with Crippen molar-refractivity contribution in [3.05, 3.63) is 29.8 Å². The molecule has 0 aromatic heterocycles. The van der Waals surface area contributed by atoms with Gasteiger partial charge < -0.3 is 14.9 Å². The molecule has 0 aliphatic carbocycles. The van der Waals surface area contributed by atoms with Crippen molar-refractivity contribution in [1.29, 1.82) is 0 Å². The highest BCUT2D eigenvalue weighted by atomic mass is 16.4. The van der Waals surface area contributed by atoms with E-state index in [1.807, 2.05) is 11.9 Å². The van der Waals surface area contributed by atoms with Crippen molar-refractivity contribution in [3.63, 3.8) is 0 Å². The fourth-order valence-electron chi connectivity index (χ4n) is 2.46. The molecule has 2 rings (SSSR count). The zero-order chi connectivity index (χ0) is 13.7. The van der Waals surface area contributed by atoms with E-state index < -0.39 is 5.97 Å². The Morgan fingerprint density at radius 1 is 1.26 bits per heavy atom. The van der Waals surface area contributed by atoms with Gasteiger partial charge in [-0.1, -0.05) is 12.1 Å². The number of carboxylic acid groups (broad SMARTS) is 1.